The average Bonchev–Trinajstić information content (AvgIpc) is 2.84. The molecule has 1 rings (SSSR count). The van der Waals surface area contributed by atoms with Gasteiger partial charge in [0.1, 0.15) is 11.9 Å². The van der Waals surface area contributed by atoms with Gasteiger partial charge in [0.15, 0.2) is 0 Å². The Kier molecular flexibility index (Phi) is 6.41. The number of halogens is 2. The van der Waals surface area contributed by atoms with Gasteiger partial charge < -0.3 is 10.1 Å². The van der Waals surface area contributed by atoms with Gasteiger partial charge in [-0.2, -0.15) is 8.78 Å². The minimum atomic E-state index is -2.66. The van der Waals surface area contributed by atoms with Crippen LogP contribution in [0.1, 0.15) is 39.1 Å². The van der Waals surface area contributed by atoms with Gasteiger partial charge in [0.2, 0.25) is 5.91 Å². The van der Waals surface area contributed by atoms with E-state index in [0.29, 0.717) is 11.2 Å². The van der Waals surface area contributed by atoms with Gasteiger partial charge in [-0.1, -0.05) is 13.3 Å². The highest BCUT2D eigenvalue weighted by atomic mass is 19.3. The van der Waals surface area contributed by atoms with Gasteiger partial charge in [-0.15, -0.1) is 0 Å². The number of nitrogens with zero attached hydrogens (tertiary/aromatic N) is 2. The highest BCUT2D eigenvalue weighted by Gasteiger charge is 2.15. The number of carbonyl (C=O) groups excluding carboxylic acids is 1. The van der Waals surface area contributed by atoms with Gasteiger partial charge in [-0.3, -0.25) is 9.36 Å². The number of hydrogen-bond donors (Lipinski definition) is 1. The Morgan fingerprint density at radius 1 is 1.58 bits per heavy atom. The predicted octanol–water partition coefficient (Wildman–Crippen LogP) is 2.10. The molecule has 5 nitrogen and oxygen atoms in total. The van der Waals surface area contributed by atoms with Crippen molar-refractivity contribution in [2.45, 2.75) is 45.9 Å². The number of imidazole rings is 1. The summed E-state index contributed by atoms with van der Waals surface area (Å²) in [6.45, 7) is 1.46. The second kappa shape index (κ2) is 7.83. The summed E-state index contributed by atoms with van der Waals surface area (Å²) in [4.78, 5) is 15.4. The van der Waals surface area contributed by atoms with Gasteiger partial charge in [-0.05, 0) is 13.3 Å². The first-order valence-electron chi connectivity index (χ1n) is 6.25. The molecule has 0 aromatic carbocycles. The predicted molar refractivity (Wildman–Crippen MR) is 65.6 cm³/mol. The van der Waals surface area contributed by atoms with Crippen molar-refractivity contribution < 1.29 is 18.3 Å². The Hall–Kier alpha value is -1.50. The molecule has 0 radical (unpaired) electrons. The van der Waals surface area contributed by atoms with Crippen LogP contribution in [0, 0.1) is 0 Å². The fraction of sp³-hybridized carbons (Fsp3) is 0.667. The largest absolute Gasteiger partial charge is 0.369 e. The molecule has 1 aromatic heterocycles. The monoisotopic (exact) mass is 275 g/mol. The molecule has 19 heavy (non-hydrogen) atoms. The van der Waals surface area contributed by atoms with Crippen LogP contribution in [0.15, 0.2) is 12.4 Å². The summed E-state index contributed by atoms with van der Waals surface area (Å²) < 4.78 is 31.1. The van der Waals surface area contributed by atoms with Crippen molar-refractivity contribution >= 4 is 5.91 Å². The highest BCUT2D eigenvalue weighted by Crippen LogP contribution is 2.11. The van der Waals surface area contributed by atoms with E-state index >= 15 is 0 Å². The van der Waals surface area contributed by atoms with Crippen LogP contribution in [0.2, 0.25) is 0 Å². The van der Waals surface area contributed by atoms with E-state index in [1.54, 1.807) is 6.92 Å². The van der Waals surface area contributed by atoms with Gasteiger partial charge >= 0.3 is 6.55 Å². The lowest BCUT2D eigenvalue weighted by Crippen LogP contribution is -2.35. The maximum absolute atomic E-state index is 12.5. The van der Waals surface area contributed by atoms with Gasteiger partial charge in [-0.25, -0.2) is 4.98 Å². The molecule has 1 amide bonds. The molecule has 0 aliphatic heterocycles. The fourth-order valence-corrected chi connectivity index (χ4v) is 1.45. The average molecular weight is 275 g/mol. The summed E-state index contributed by atoms with van der Waals surface area (Å²) in [7, 11) is 0. The molecule has 7 heteroatoms. The van der Waals surface area contributed by atoms with Crippen LogP contribution in [0.4, 0.5) is 8.78 Å². The quantitative estimate of drug-likeness (QED) is 0.739. The molecular formula is C12H19F2N3O2. The summed E-state index contributed by atoms with van der Waals surface area (Å²) in [6, 6.07) is 0. The molecule has 0 aliphatic rings. The third kappa shape index (κ3) is 4.94. The lowest BCUT2D eigenvalue weighted by atomic mass is 10.3. The highest BCUT2D eigenvalue weighted by molar-refractivity contribution is 5.80. The third-order valence-corrected chi connectivity index (χ3v) is 2.61. The topological polar surface area (TPSA) is 56.1 Å². The number of rotatable bonds is 8. The van der Waals surface area contributed by atoms with Crippen LogP contribution in [-0.2, 0) is 16.1 Å². The van der Waals surface area contributed by atoms with Crippen LogP contribution in [-0.4, -0.2) is 28.2 Å². The minimum Gasteiger partial charge on any atom is -0.369 e. The first-order chi connectivity index (χ1) is 9.06. The van der Waals surface area contributed by atoms with Gasteiger partial charge in [0.25, 0.3) is 0 Å². The number of hydrogen-bond acceptors (Lipinski definition) is 3. The van der Waals surface area contributed by atoms with Gasteiger partial charge in [0, 0.05) is 19.0 Å². The van der Waals surface area contributed by atoms with Crippen LogP contribution in [0.25, 0.3) is 0 Å². The molecule has 0 aliphatic carbocycles. The molecule has 108 valence electrons. The standard InChI is InChI=1S/C12H19F2N3O2/c1-3-4-7-19-9(2)11(18)16-8-10-15-5-6-17(10)12(13)14/h5-6,9,12H,3-4,7-8H2,1-2H3,(H,16,18)/t9-/m0/s1. The Balaban J connectivity index is 2.39. The van der Waals surface area contributed by atoms with Crippen molar-refractivity contribution in [1.82, 2.24) is 14.9 Å². The molecular weight excluding hydrogens is 256 g/mol. The maximum Gasteiger partial charge on any atom is 0.319 e. The Labute approximate surface area is 111 Å². The van der Waals surface area contributed by atoms with Crippen LogP contribution >= 0.6 is 0 Å². The van der Waals surface area contributed by atoms with Crippen molar-refractivity contribution in [3.05, 3.63) is 18.2 Å². The second-order valence-electron chi connectivity index (χ2n) is 4.11. The van der Waals surface area contributed by atoms with E-state index in [2.05, 4.69) is 10.3 Å². The summed E-state index contributed by atoms with van der Waals surface area (Å²) in [6.07, 6.45) is 3.72. The summed E-state index contributed by atoms with van der Waals surface area (Å²) >= 11 is 0. The molecule has 0 fully saturated rings. The number of nitrogens with one attached hydrogen (secondary N) is 1. The SMILES string of the molecule is CCCCO[C@@H](C)C(=O)NCc1nccn1C(F)F. The lowest BCUT2D eigenvalue weighted by Gasteiger charge is -2.13. The number of unbranched alkanes of at least 4 members (excludes halogenated alkanes) is 1. The Morgan fingerprint density at radius 3 is 2.95 bits per heavy atom. The van der Waals surface area contributed by atoms with E-state index in [1.165, 1.54) is 12.4 Å². The molecule has 1 atom stereocenters. The Morgan fingerprint density at radius 2 is 2.32 bits per heavy atom. The van der Waals surface area contributed by atoms with Crippen molar-refractivity contribution in [2.24, 2.45) is 0 Å². The smallest absolute Gasteiger partial charge is 0.319 e. The van der Waals surface area contributed by atoms with E-state index in [4.69, 9.17) is 4.74 Å². The molecule has 1 N–H and O–H groups in total. The van der Waals surface area contributed by atoms with Crippen molar-refractivity contribution in [3.63, 3.8) is 0 Å². The number of aromatic nitrogens is 2. The molecule has 1 aromatic rings. The molecule has 0 bridgehead atoms. The lowest BCUT2D eigenvalue weighted by molar-refractivity contribution is -0.132. The zero-order valence-corrected chi connectivity index (χ0v) is 11.1. The molecule has 0 spiro atoms. The number of ether oxygens (including phenoxy) is 1. The summed E-state index contributed by atoms with van der Waals surface area (Å²) in [5.74, 6) is -0.218. The van der Waals surface area contributed by atoms with E-state index in [0.717, 1.165) is 12.8 Å². The normalized spacial score (nSPS) is 12.7. The van der Waals surface area contributed by atoms with E-state index in [1.807, 2.05) is 6.92 Å². The maximum atomic E-state index is 12.5. The van der Waals surface area contributed by atoms with Crippen molar-refractivity contribution in [1.29, 1.82) is 0 Å². The van der Waals surface area contributed by atoms with Crippen LogP contribution in [0.3, 0.4) is 0 Å². The van der Waals surface area contributed by atoms with E-state index in [-0.39, 0.29) is 18.3 Å². The molecule has 0 unspecified atom stereocenters. The van der Waals surface area contributed by atoms with Crippen LogP contribution < -0.4 is 5.32 Å². The molecule has 0 saturated heterocycles. The summed E-state index contributed by atoms with van der Waals surface area (Å²) in [5, 5.41) is 2.53. The number of amides is 1. The fourth-order valence-electron chi connectivity index (χ4n) is 1.45. The number of alkyl halides is 2. The minimum absolute atomic E-state index is 0.0440. The third-order valence-electron chi connectivity index (χ3n) is 2.61. The van der Waals surface area contributed by atoms with Crippen molar-refractivity contribution in [3.8, 4) is 0 Å². The molecule has 1 heterocycles. The first-order valence-corrected chi connectivity index (χ1v) is 6.25. The van der Waals surface area contributed by atoms with Gasteiger partial charge in [0.05, 0.1) is 6.54 Å². The zero-order valence-electron chi connectivity index (χ0n) is 11.1. The first kappa shape index (κ1) is 15.6. The van der Waals surface area contributed by atoms with E-state index < -0.39 is 12.7 Å². The van der Waals surface area contributed by atoms with E-state index in [9.17, 15) is 13.6 Å². The van der Waals surface area contributed by atoms with Crippen molar-refractivity contribution in [2.75, 3.05) is 6.61 Å². The second-order valence-corrected chi connectivity index (χ2v) is 4.11. The molecule has 0 saturated carbocycles. The Bertz CT molecular complexity index is 396. The summed E-state index contributed by atoms with van der Waals surface area (Å²) in [5.41, 5.74) is 0. The van der Waals surface area contributed by atoms with Crippen LogP contribution in [0.5, 0.6) is 0 Å². The number of carbonyl (C=O) groups is 1. The zero-order chi connectivity index (χ0) is 14.3.